The van der Waals surface area contributed by atoms with Crippen LogP contribution in [0.2, 0.25) is 0 Å². The van der Waals surface area contributed by atoms with E-state index in [2.05, 4.69) is 41.8 Å². The first-order valence-electron chi connectivity index (χ1n) is 10.6. The quantitative estimate of drug-likeness (QED) is 0.530. The number of fused-ring (bicyclic) bond motifs is 1. The molecule has 1 atom stereocenters. The van der Waals surface area contributed by atoms with Gasteiger partial charge in [-0.25, -0.2) is 4.98 Å². The van der Waals surface area contributed by atoms with Crippen LogP contribution in [0.4, 0.5) is 0 Å². The van der Waals surface area contributed by atoms with Gasteiger partial charge in [0.1, 0.15) is 11.6 Å². The smallest absolute Gasteiger partial charge is 0.223 e. The van der Waals surface area contributed by atoms with E-state index in [1.54, 1.807) is 0 Å². The lowest BCUT2D eigenvalue weighted by atomic mass is 10.1. The summed E-state index contributed by atoms with van der Waals surface area (Å²) in [7, 11) is 0. The molecule has 0 N–H and O–H groups in total. The van der Waals surface area contributed by atoms with Crippen LogP contribution in [0.15, 0.2) is 48.5 Å². The number of rotatable bonds is 8. The van der Waals surface area contributed by atoms with Crippen molar-refractivity contribution in [3.8, 4) is 5.75 Å². The molecule has 0 saturated carbocycles. The highest BCUT2D eigenvalue weighted by molar-refractivity contribution is 5.80. The molecule has 2 aromatic carbocycles. The molecule has 1 aliphatic rings. The number of carbonyl (C=O) groups excluding carboxylic acids is 1. The van der Waals surface area contributed by atoms with Crippen molar-refractivity contribution in [3.63, 3.8) is 0 Å². The number of aromatic nitrogens is 2. The fourth-order valence-corrected chi connectivity index (χ4v) is 4.09. The number of hydrogen-bond acceptors (Lipinski definition) is 3. The molecule has 152 valence electrons. The zero-order valence-corrected chi connectivity index (χ0v) is 17.3. The van der Waals surface area contributed by atoms with Gasteiger partial charge in [-0.15, -0.1) is 0 Å². The fraction of sp³-hybridized carbons (Fsp3) is 0.417. The zero-order chi connectivity index (χ0) is 20.2. The van der Waals surface area contributed by atoms with Gasteiger partial charge in [0.05, 0.1) is 17.6 Å². The maximum absolute atomic E-state index is 12.2. The molecule has 2 heterocycles. The van der Waals surface area contributed by atoms with Gasteiger partial charge in [0, 0.05) is 32.0 Å². The number of carbonyl (C=O) groups is 1. The monoisotopic (exact) mass is 391 g/mol. The molecule has 29 heavy (non-hydrogen) atoms. The van der Waals surface area contributed by atoms with E-state index in [1.807, 2.05) is 30.0 Å². The Labute approximate surface area is 172 Å². The van der Waals surface area contributed by atoms with Crippen molar-refractivity contribution in [3.05, 3.63) is 59.9 Å². The molecule has 4 rings (SSSR count). The Morgan fingerprint density at radius 2 is 1.90 bits per heavy atom. The van der Waals surface area contributed by atoms with Gasteiger partial charge in [-0.2, -0.15) is 0 Å². The summed E-state index contributed by atoms with van der Waals surface area (Å²) in [6.45, 7) is 7.26. The average molecular weight is 392 g/mol. The van der Waals surface area contributed by atoms with Gasteiger partial charge in [-0.1, -0.05) is 29.8 Å². The highest BCUT2D eigenvalue weighted by Gasteiger charge is 2.32. The minimum absolute atomic E-state index is 0.179. The van der Waals surface area contributed by atoms with Crippen LogP contribution in [0.25, 0.3) is 11.0 Å². The van der Waals surface area contributed by atoms with Gasteiger partial charge in [-0.3, -0.25) is 4.79 Å². The summed E-state index contributed by atoms with van der Waals surface area (Å²) in [5, 5.41) is 0. The molecule has 1 fully saturated rings. The number of para-hydroxylation sites is 2. The number of hydrogen-bond donors (Lipinski definition) is 0. The van der Waals surface area contributed by atoms with Gasteiger partial charge >= 0.3 is 0 Å². The first kappa shape index (κ1) is 19.5. The molecule has 0 aliphatic carbocycles. The second-order valence-corrected chi connectivity index (χ2v) is 7.81. The molecular formula is C24H29N3O2. The standard InChI is InChI=1S/C24H29N3O2/c1-3-26-17-19(16-23(26)28)24-25-21-8-4-5-9-22(21)27(24)14-6-7-15-29-20-12-10-18(2)11-13-20/h4-5,8-13,19H,3,6-7,14-17H2,1-2H3. The normalized spacial score (nSPS) is 16.7. The van der Waals surface area contributed by atoms with E-state index in [9.17, 15) is 4.79 Å². The Morgan fingerprint density at radius 1 is 1.10 bits per heavy atom. The largest absolute Gasteiger partial charge is 0.494 e. The summed E-state index contributed by atoms with van der Waals surface area (Å²) in [5.41, 5.74) is 3.41. The third-order valence-electron chi connectivity index (χ3n) is 5.71. The Hall–Kier alpha value is -2.82. The van der Waals surface area contributed by atoms with Crippen LogP contribution in [-0.2, 0) is 11.3 Å². The van der Waals surface area contributed by atoms with E-state index >= 15 is 0 Å². The second kappa shape index (κ2) is 8.68. The molecule has 1 amide bonds. The number of ether oxygens (including phenoxy) is 1. The summed E-state index contributed by atoms with van der Waals surface area (Å²) in [5.74, 6) is 2.39. The number of nitrogens with zero attached hydrogens (tertiary/aromatic N) is 3. The lowest BCUT2D eigenvalue weighted by molar-refractivity contribution is -0.127. The molecule has 5 heteroatoms. The summed E-state index contributed by atoms with van der Waals surface area (Å²) in [6, 6.07) is 16.5. The van der Waals surface area contributed by atoms with Crippen molar-refractivity contribution in [2.75, 3.05) is 19.7 Å². The van der Waals surface area contributed by atoms with E-state index in [0.717, 1.165) is 55.1 Å². The molecule has 1 aromatic heterocycles. The molecule has 1 aliphatic heterocycles. The first-order chi connectivity index (χ1) is 14.2. The van der Waals surface area contributed by atoms with Crippen LogP contribution >= 0.6 is 0 Å². The SMILES string of the molecule is CCN1CC(c2nc3ccccc3n2CCCCOc2ccc(C)cc2)CC1=O. The van der Waals surface area contributed by atoms with Crippen LogP contribution in [0.3, 0.4) is 0 Å². The highest BCUT2D eigenvalue weighted by atomic mass is 16.5. The van der Waals surface area contributed by atoms with Crippen molar-refractivity contribution in [1.29, 1.82) is 0 Å². The van der Waals surface area contributed by atoms with Gasteiger partial charge < -0.3 is 14.2 Å². The second-order valence-electron chi connectivity index (χ2n) is 7.81. The van der Waals surface area contributed by atoms with Gasteiger partial charge in [0.15, 0.2) is 0 Å². The number of unbranched alkanes of at least 4 members (excludes halogenated alkanes) is 1. The van der Waals surface area contributed by atoms with E-state index in [0.29, 0.717) is 13.0 Å². The van der Waals surface area contributed by atoms with E-state index in [1.165, 1.54) is 5.56 Å². The number of likely N-dealkylation sites (tertiary alicyclic amines) is 1. The third-order valence-corrected chi connectivity index (χ3v) is 5.71. The van der Waals surface area contributed by atoms with Crippen LogP contribution in [0, 0.1) is 6.92 Å². The van der Waals surface area contributed by atoms with Crippen LogP contribution in [0.1, 0.15) is 43.5 Å². The average Bonchev–Trinajstić information content (AvgIpc) is 3.29. The molecule has 0 spiro atoms. The minimum Gasteiger partial charge on any atom is -0.494 e. The van der Waals surface area contributed by atoms with Gasteiger partial charge in [0.2, 0.25) is 5.91 Å². The van der Waals surface area contributed by atoms with E-state index < -0.39 is 0 Å². The van der Waals surface area contributed by atoms with Crippen molar-refractivity contribution in [2.45, 2.75) is 45.6 Å². The number of amides is 1. The molecular weight excluding hydrogens is 362 g/mol. The number of likely N-dealkylation sites (N-methyl/N-ethyl adjacent to an activating group) is 1. The molecule has 1 saturated heterocycles. The van der Waals surface area contributed by atoms with Crippen LogP contribution < -0.4 is 4.74 Å². The zero-order valence-electron chi connectivity index (χ0n) is 17.3. The Morgan fingerprint density at radius 3 is 2.66 bits per heavy atom. The predicted molar refractivity (Wildman–Crippen MR) is 115 cm³/mol. The van der Waals surface area contributed by atoms with Crippen molar-refractivity contribution >= 4 is 16.9 Å². The molecule has 0 radical (unpaired) electrons. The lowest BCUT2D eigenvalue weighted by Gasteiger charge is -2.15. The Kier molecular flexibility index (Phi) is 5.84. The minimum atomic E-state index is 0.179. The van der Waals surface area contributed by atoms with Crippen molar-refractivity contribution in [1.82, 2.24) is 14.5 Å². The first-order valence-corrected chi connectivity index (χ1v) is 10.6. The van der Waals surface area contributed by atoms with Crippen molar-refractivity contribution in [2.24, 2.45) is 0 Å². The molecule has 5 nitrogen and oxygen atoms in total. The Balaban J connectivity index is 1.42. The summed E-state index contributed by atoms with van der Waals surface area (Å²) < 4.78 is 8.18. The van der Waals surface area contributed by atoms with Crippen LogP contribution in [0.5, 0.6) is 5.75 Å². The summed E-state index contributed by atoms with van der Waals surface area (Å²) in [6.07, 6.45) is 2.55. The van der Waals surface area contributed by atoms with Crippen molar-refractivity contribution < 1.29 is 9.53 Å². The van der Waals surface area contributed by atoms with Gasteiger partial charge in [-0.05, 0) is 51.0 Å². The Bertz CT molecular complexity index is 977. The molecule has 1 unspecified atom stereocenters. The van der Waals surface area contributed by atoms with E-state index in [4.69, 9.17) is 9.72 Å². The van der Waals surface area contributed by atoms with Crippen LogP contribution in [-0.4, -0.2) is 40.1 Å². The number of imidazole rings is 1. The topological polar surface area (TPSA) is 47.4 Å². The molecule has 3 aromatic rings. The highest BCUT2D eigenvalue weighted by Crippen LogP contribution is 2.30. The maximum atomic E-state index is 12.2. The number of aryl methyl sites for hydroxylation is 2. The maximum Gasteiger partial charge on any atom is 0.223 e. The lowest BCUT2D eigenvalue weighted by Crippen LogP contribution is -2.24. The third kappa shape index (κ3) is 4.29. The fourth-order valence-electron chi connectivity index (χ4n) is 4.09. The summed E-state index contributed by atoms with van der Waals surface area (Å²) in [4.78, 5) is 19.1. The van der Waals surface area contributed by atoms with Gasteiger partial charge in [0.25, 0.3) is 0 Å². The van der Waals surface area contributed by atoms with E-state index in [-0.39, 0.29) is 11.8 Å². The number of benzene rings is 2. The summed E-state index contributed by atoms with van der Waals surface area (Å²) >= 11 is 0. The predicted octanol–water partition coefficient (Wildman–Crippen LogP) is 4.54. The molecule has 0 bridgehead atoms.